The van der Waals surface area contributed by atoms with Gasteiger partial charge in [0, 0.05) is 0 Å². The fourth-order valence-corrected chi connectivity index (χ4v) is 1.87. The fourth-order valence-electron chi connectivity index (χ4n) is 1.16. The van der Waals surface area contributed by atoms with Gasteiger partial charge in [-0.15, -0.1) is 0 Å². The molecule has 0 unspecified atom stereocenters. The first-order valence-corrected chi connectivity index (χ1v) is 6.04. The van der Waals surface area contributed by atoms with Gasteiger partial charge >= 0.3 is 5.97 Å². The lowest BCUT2D eigenvalue weighted by atomic mass is 10.2. The molecule has 0 atom stereocenters. The van der Waals surface area contributed by atoms with Crippen LogP contribution >= 0.6 is 11.3 Å². The molecule has 0 fully saturated rings. The highest BCUT2D eigenvalue weighted by molar-refractivity contribution is 7.07. The van der Waals surface area contributed by atoms with Crippen LogP contribution in [0.1, 0.15) is 19.4 Å². The number of carbonyl (C=O) groups excluding carboxylic acids is 1. The van der Waals surface area contributed by atoms with Crippen LogP contribution in [0.4, 0.5) is 0 Å². The molecule has 0 amide bonds. The van der Waals surface area contributed by atoms with E-state index in [1.165, 1.54) is 5.56 Å². The summed E-state index contributed by atoms with van der Waals surface area (Å²) in [7, 11) is 0. The van der Waals surface area contributed by atoms with Crippen LogP contribution < -0.4 is 5.32 Å². The van der Waals surface area contributed by atoms with E-state index in [0.29, 0.717) is 6.54 Å². The second-order valence-electron chi connectivity index (χ2n) is 3.60. The summed E-state index contributed by atoms with van der Waals surface area (Å²) < 4.78 is 4.99. The lowest BCUT2D eigenvalue weighted by molar-refractivity contribution is -0.146. The Morgan fingerprint density at radius 3 is 3.00 bits per heavy atom. The van der Waals surface area contributed by atoms with Crippen molar-refractivity contribution in [3.63, 3.8) is 0 Å². The van der Waals surface area contributed by atoms with Gasteiger partial charge in [-0.2, -0.15) is 11.3 Å². The van der Waals surface area contributed by atoms with Gasteiger partial charge in [0.15, 0.2) is 0 Å². The van der Waals surface area contributed by atoms with Crippen molar-refractivity contribution in [2.45, 2.75) is 26.4 Å². The van der Waals surface area contributed by atoms with Crippen molar-refractivity contribution in [1.29, 1.82) is 0 Å². The summed E-state index contributed by atoms with van der Waals surface area (Å²) in [5, 5.41) is 7.24. The highest BCUT2D eigenvalue weighted by atomic mass is 32.1. The second kappa shape index (κ2) is 6.58. The van der Waals surface area contributed by atoms with Gasteiger partial charge in [0.25, 0.3) is 0 Å². The lowest BCUT2D eigenvalue weighted by Crippen LogP contribution is -2.28. The molecule has 1 heterocycles. The average molecular weight is 227 g/mol. The topological polar surface area (TPSA) is 38.3 Å². The van der Waals surface area contributed by atoms with Crippen LogP contribution in [-0.4, -0.2) is 25.2 Å². The van der Waals surface area contributed by atoms with E-state index in [-0.39, 0.29) is 12.1 Å². The van der Waals surface area contributed by atoms with Gasteiger partial charge in [-0.05, 0) is 49.2 Å². The molecule has 84 valence electrons. The molecule has 1 rings (SSSR count). The van der Waals surface area contributed by atoms with E-state index in [0.717, 1.165) is 13.0 Å². The largest absolute Gasteiger partial charge is 0.462 e. The predicted octanol–water partition coefficient (Wildman–Crippen LogP) is 1.83. The molecule has 0 saturated heterocycles. The Bertz CT molecular complexity index is 283. The van der Waals surface area contributed by atoms with Crippen molar-refractivity contribution in [3.8, 4) is 0 Å². The summed E-state index contributed by atoms with van der Waals surface area (Å²) in [4.78, 5) is 11.1. The first-order chi connectivity index (χ1) is 7.18. The molecule has 1 aromatic rings. The summed E-state index contributed by atoms with van der Waals surface area (Å²) >= 11 is 1.69. The molecule has 1 N–H and O–H groups in total. The smallest absolute Gasteiger partial charge is 0.320 e. The number of nitrogens with one attached hydrogen (secondary N) is 1. The number of thiophene rings is 1. The number of carbonyl (C=O) groups is 1. The molecule has 0 aliphatic carbocycles. The third-order valence-electron chi connectivity index (χ3n) is 1.81. The van der Waals surface area contributed by atoms with Gasteiger partial charge in [0.1, 0.15) is 0 Å². The summed E-state index contributed by atoms with van der Waals surface area (Å²) in [5.41, 5.74) is 1.31. The van der Waals surface area contributed by atoms with Crippen LogP contribution in [0.5, 0.6) is 0 Å². The van der Waals surface area contributed by atoms with Crippen molar-refractivity contribution < 1.29 is 9.53 Å². The molecule has 0 radical (unpaired) electrons. The number of ether oxygens (including phenoxy) is 1. The van der Waals surface area contributed by atoms with Crippen LogP contribution in [0.25, 0.3) is 0 Å². The molecule has 4 heteroatoms. The maximum Gasteiger partial charge on any atom is 0.320 e. The molecule has 0 bridgehead atoms. The number of rotatable bonds is 6. The van der Waals surface area contributed by atoms with Crippen molar-refractivity contribution in [2.75, 3.05) is 13.1 Å². The minimum absolute atomic E-state index is 0.0313. The standard InChI is InChI=1S/C11H17NO2S/c1-9(2)14-11(13)7-12-5-3-10-4-6-15-8-10/h4,6,8-9,12H,3,5,7H2,1-2H3. The van der Waals surface area contributed by atoms with Crippen LogP contribution in [0.3, 0.4) is 0 Å². The lowest BCUT2D eigenvalue weighted by Gasteiger charge is -2.08. The van der Waals surface area contributed by atoms with Crippen LogP contribution in [0.2, 0.25) is 0 Å². The zero-order chi connectivity index (χ0) is 11.1. The maximum atomic E-state index is 11.1. The quantitative estimate of drug-likeness (QED) is 0.595. The minimum Gasteiger partial charge on any atom is -0.462 e. The van der Waals surface area contributed by atoms with Crippen molar-refractivity contribution in [2.24, 2.45) is 0 Å². The number of hydrogen-bond acceptors (Lipinski definition) is 4. The molecule has 0 aliphatic heterocycles. The van der Waals surface area contributed by atoms with Crippen LogP contribution in [0, 0.1) is 0 Å². The van der Waals surface area contributed by atoms with E-state index in [2.05, 4.69) is 22.1 Å². The average Bonchev–Trinajstić information content (AvgIpc) is 2.63. The summed E-state index contributed by atoms with van der Waals surface area (Å²) in [6.07, 6.45) is 0.925. The highest BCUT2D eigenvalue weighted by Gasteiger charge is 2.03. The normalized spacial score (nSPS) is 10.6. The molecule has 15 heavy (non-hydrogen) atoms. The maximum absolute atomic E-state index is 11.1. The third kappa shape index (κ3) is 5.54. The molecular weight excluding hydrogens is 210 g/mol. The van der Waals surface area contributed by atoms with E-state index < -0.39 is 0 Å². The molecule has 3 nitrogen and oxygen atoms in total. The Labute approximate surface area is 94.5 Å². The number of esters is 1. The third-order valence-corrected chi connectivity index (χ3v) is 2.54. The van der Waals surface area contributed by atoms with E-state index in [1.54, 1.807) is 11.3 Å². The van der Waals surface area contributed by atoms with Crippen LogP contribution in [-0.2, 0) is 16.0 Å². The first-order valence-electron chi connectivity index (χ1n) is 5.09. The van der Waals surface area contributed by atoms with Crippen molar-refractivity contribution in [1.82, 2.24) is 5.32 Å². The molecule has 0 aliphatic rings. The Morgan fingerprint density at radius 2 is 2.40 bits per heavy atom. The predicted molar refractivity (Wildman–Crippen MR) is 62.1 cm³/mol. The minimum atomic E-state index is -0.185. The highest BCUT2D eigenvalue weighted by Crippen LogP contribution is 2.05. The van der Waals surface area contributed by atoms with E-state index in [4.69, 9.17) is 4.74 Å². The zero-order valence-electron chi connectivity index (χ0n) is 9.16. The van der Waals surface area contributed by atoms with E-state index in [9.17, 15) is 4.79 Å². The fraction of sp³-hybridized carbons (Fsp3) is 0.545. The molecular formula is C11H17NO2S. The Hall–Kier alpha value is -0.870. The number of hydrogen-bond donors (Lipinski definition) is 1. The van der Waals surface area contributed by atoms with Gasteiger partial charge in [0.2, 0.25) is 0 Å². The Balaban J connectivity index is 2.04. The molecule has 1 aromatic heterocycles. The van der Waals surface area contributed by atoms with E-state index >= 15 is 0 Å². The Kier molecular flexibility index (Phi) is 5.36. The van der Waals surface area contributed by atoms with Gasteiger partial charge in [-0.3, -0.25) is 4.79 Å². The monoisotopic (exact) mass is 227 g/mol. The van der Waals surface area contributed by atoms with Crippen LogP contribution in [0.15, 0.2) is 16.8 Å². The van der Waals surface area contributed by atoms with Gasteiger partial charge in [0.05, 0.1) is 12.6 Å². The second-order valence-corrected chi connectivity index (χ2v) is 4.38. The molecule has 0 saturated carbocycles. The van der Waals surface area contributed by atoms with Gasteiger partial charge in [-0.1, -0.05) is 0 Å². The zero-order valence-corrected chi connectivity index (χ0v) is 9.97. The summed E-state index contributed by atoms with van der Waals surface area (Å²) in [6.45, 7) is 4.80. The molecule has 0 aromatic carbocycles. The van der Waals surface area contributed by atoms with Gasteiger partial charge in [-0.25, -0.2) is 0 Å². The van der Waals surface area contributed by atoms with Crippen molar-refractivity contribution >= 4 is 17.3 Å². The van der Waals surface area contributed by atoms with Gasteiger partial charge < -0.3 is 10.1 Å². The van der Waals surface area contributed by atoms with Crippen molar-refractivity contribution in [3.05, 3.63) is 22.4 Å². The van der Waals surface area contributed by atoms with E-state index in [1.807, 2.05) is 13.8 Å². The summed E-state index contributed by atoms with van der Waals surface area (Å²) in [5.74, 6) is -0.185. The SMILES string of the molecule is CC(C)OC(=O)CNCCc1ccsc1. The molecule has 0 spiro atoms. The first kappa shape index (κ1) is 12.2. The summed E-state index contributed by atoms with van der Waals surface area (Å²) in [6, 6.07) is 2.10. The Morgan fingerprint density at radius 1 is 1.60 bits per heavy atom.